The molecule has 1 saturated heterocycles. The van der Waals surface area contributed by atoms with E-state index in [1.54, 1.807) is 0 Å². The van der Waals surface area contributed by atoms with Gasteiger partial charge in [-0.1, -0.05) is 32.6 Å². The number of carbonyl (C=O) groups excluding carboxylic acids is 1. The minimum atomic E-state index is -0.880. The summed E-state index contributed by atoms with van der Waals surface area (Å²) < 4.78 is 0. The van der Waals surface area contributed by atoms with Crippen LogP contribution >= 0.6 is 11.8 Å². The van der Waals surface area contributed by atoms with Crippen LogP contribution in [0.25, 0.3) is 0 Å². The molecule has 0 bridgehead atoms. The molecular formula is C12H21NO3S. The van der Waals surface area contributed by atoms with E-state index in [0.29, 0.717) is 18.1 Å². The molecule has 0 aromatic heterocycles. The summed E-state index contributed by atoms with van der Waals surface area (Å²) >= 11 is 1.52. The van der Waals surface area contributed by atoms with Crippen LogP contribution in [-0.4, -0.2) is 39.6 Å². The van der Waals surface area contributed by atoms with E-state index in [1.807, 2.05) is 0 Å². The number of rotatable bonds is 7. The van der Waals surface area contributed by atoms with Gasteiger partial charge in [-0.2, -0.15) is 0 Å². The Balaban J connectivity index is 2.25. The summed E-state index contributed by atoms with van der Waals surface area (Å²) in [7, 11) is 0. The first-order chi connectivity index (χ1) is 8.16. The molecular weight excluding hydrogens is 238 g/mol. The summed E-state index contributed by atoms with van der Waals surface area (Å²) in [5.74, 6) is 0.176. The molecule has 1 atom stereocenters. The summed E-state index contributed by atoms with van der Waals surface area (Å²) in [5, 5.41) is 8.97. The quantitative estimate of drug-likeness (QED) is 0.713. The SMILES string of the molecule is CCCCCCCC(=O)N1CSCC1C(=O)O. The number of hydrogen-bond donors (Lipinski definition) is 1. The number of nitrogens with zero attached hydrogens (tertiary/aromatic N) is 1. The van der Waals surface area contributed by atoms with Gasteiger partial charge < -0.3 is 10.0 Å². The standard InChI is InChI=1S/C12H21NO3S/c1-2-3-4-5-6-7-11(14)13-9-17-8-10(13)12(15)16/h10H,2-9H2,1H3,(H,15,16). The van der Waals surface area contributed by atoms with Gasteiger partial charge in [0.15, 0.2) is 0 Å². The molecule has 0 radical (unpaired) electrons. The molecule has 98 valence electrons. The highest BCUT2D eigenvalue weighted by atomic mass is 32.2. The minimum absolute atomic E-state index is 0.00102. The van der Waals surface area contributed by atoms with E-state index in [9.17, 15) is 9.59 Å². The van der Waals surface area contributed by atoms with Crippen LogP contribution in [0.2, 0.25) is 0 Å². The third kappa shape index (κ3) is 4.58. The molecule has 1 N–H and O–H groups in total. The van der Waals surface area contributed by atoms with E-state index in [2.05, 4.69) is 6.92 Å². The lowest BCUT2D eigenvalue weighted by Gasteiger charge is -2.20. The molecule has 1 rings (SSSR count). The molecule has 0 saturated carbocycles. The van der Waals surface area contributed by atoms with Crippen molar-refractivity contribution in [2.75, 3.05) is 11.6 Å². The largest absolute Gasteiger partial charge is 0.480 e. The van der Waals surface area contributed by atoms with Crippen molar-refractivity contribution in [3.05, 3.63) is 0 Å². The van der Waals surface area contributed by atoms with Crippen LogP contribution in [0.5, 0.6) is 0 Å². The maximum absolute atomic E-state index is 11.8. The van der Waals surface area contributed by atoms with Gasteiger partial charge in [-0.15, -0.1) is 11.8 Å². The Kier molecular flexibility index (Phi) is 6.40. The van der Waals surface area contributed by atoms with Gasteiger partial charge in [0, 0.05) is 12.2 Å². The highest BCUT2D eigenvalue weighted by Crippen LogP contribution is 2.22. The van der Waals surface area contributed by atoms with E-state index in [4.69, 9.17) is 5.11 Å². The molecule has 1 aliphatic heterocycles. The number of aliphatic carboxylic acids is 1. The molecule has 0 aliphatic carbocycles. The molecule has 1 aliphatic rings. The van der Waals surface area contributed by atoms with Crippen LogP contribution in [0, 0.1) is 0 Å². The van der Waals surface area contributed by atoms with Crippen molar-refractivity contribution in [2.45, 2.75) is 51.5 Å². The van der Waals surface area contributed by atoms with E-state index in [0.717, 1.165) is 12.8 Å². The average molecular weight is 259 g/mol. The van der Waals surface area contributed by atoms with Crippen molar-refractivity contribution in [3.8, 4) is 0 Å². The van der Waals surface area contributed by atoms with Crippen LogP contribution in [0.1, 0.15) is 45.4 Å². The van der Waals surface area contributed by atoms with Crippen LogP contribution in [0.15, 0.2) is 0 Å². The number of carbonyl (C=O) groups is 2. The smallest absolute Gasteiger partial charge is 0.327 e. The Labute approximate surface area is 107 Å². The Morgan fingerprint density at radius 1 is 1.29 bits per heavy atom. The molecule has 5 heteroatoms. The second-order valence-electron chi connectivity index (χ2n) is 4.38. The number of thioether (sulfide) groups is 1. The zero-order valence-corrected chi connectivity index (χ0v) is 11.2. The number of carboxylic acid groups (broad SMARTS) is 1. The monoisotopic (exact) mass is 259 g/mol. The van der Waals surface area contributed by atoms with Crippen molar-refractivity contribution in [2.24, 2.45) is 0 Å². The van der Waals surface area contributed by atoms with E-state index in [-0.39, 0.29) is 5.91 Å². The first-order valence-corrected chi connectivity index (χ1v) is 7.42. The fourth-order valence-corrected chi connectivity index (χ4v) is 3.09. The third-order valence-corrected chi connectivity index (χ3v) is 3.99. The fraction of sp³-hybridized carbons (Fsp3) is 0.833. The predicted octanol–water partition coefficient (Wildman–Crippen LogP) is 2.33. The van der Waals surface area contributed by atoms with Crippen molar-refractivity contribution in [1.29, 1.82) is 0 Å². The van der Waals surface area contributed by atoms with Gasteiger partial charge in [-0.05, 0) is 6.42 Å². The molecule has 1 unspecified atom stereocenters. The van der Waals surface area contributed by atoms with Crippen LogP contribution in [0.4, 0.5) is 0 Å². The van der Waals surface area contributed by atoms with Gasteiger partial charge >= 0.3 is 5.97 Å². The first kappa shape index (κ1) is 14.4. The van der Waals surface area contributed by atoms with Gasteiger partial charge in [-0.25, -0.2) is 4.79 Å². The summed E-state index contributed by atoms with van der Waals surface area (Å²) in [6.07, 6.45) is 6.02. The highest BCUT2D eigenvalue weighted by Gasteiger charge is 2.33. The maximum Gasteiger partial charge on any atom is 0.327 e. The lowest BCUT2D eigenvalue weighted by molar-refractivity contribution is -0.147. The summed E-state index contributed by atoms with van der Waals surface area (Å²) in [6, 6.07) is -0.608. The number of unbranched alkanes of at least 4 members (excludes halogenated alkanes) is 4. The van der Waals surface area contributed by atoms with Gasteiger partial charge in [0.25, 0.3) is 0 Å². The minimum Gasteiger partial charge on any atom is -0.480 e. The Bertz CT molecular complexity index is 270. The summed E-state index contributed by atoms with van der Waals surface area (Å²) in [5.41, 5.74) is 0. The highest BCUT2D eigenvalue weighted by molar-refractivity contribution is 7.99. The van der Waals surface area contributed by atoms with Gasteiger partial charge in [-0.3, -0.25) is 4.79 Å². The second-order valence-corrected chi connectivity index (χ2v) is 5.38. The normalized spacial score (nSPS) is 19.6. The third-order valence-electron chi connectivity index (χ3n) is 2.98. The lowest BCUT2D eigenvalue weighted by Crippen LogP contribution is -2.41. The van der Waals surface area contributed by atoms with Gasteiger partial charge in [0.1, 0.15) is 6.04 Å². The molecule has 17 heavy (non-hydrogen) atoms. The average Bonchev–Trinajstić information content (AvgIpc) is 2.77. The Morgan fingerprint density at radius 3 is 2.65 bits per heavy atom. The molecule has 1 amide bonds. The number of amides is 1. The number of hydrogen-bond acceptors (Lipinski definition) is 3. The van der Waals surface area contributed by atoms with Crippen LogP contribution in [0.3, 0.4) is 0 Å². The molecule has 1 heterocycles. The summed E-state index contributed by atoms with van der Waals surface area (Å²) in [6.45, 7) is 2.16. The zero-order chi connectivity index (χ0) is 12.7. The van der Waals surface area contributed by atoms with Gasteiger partial charge in [0.2, 0.25) is 5.91 Å². The molecule has 4 nitrogen and oxygen atoms in total. The molecule has 0 spiro atoms. The fourth-order valence-electron chi connectivity index (χ4n) is 1.92. The van der Waals surface area contributed by atoms with Crippen molar-refractivity contribution in [3.63, 3.8) is 0 Å². The maximum atomic E-state index is 11.8. The van der Waals surface area contributed by atoms with E-state index in [1.165, 1.54) is 35.9 Å². The van der Waals surface area contributed by atoms with Crippen LogP contribution < -0.4 is 0 Å². The second kappa shape index (κ2) is 7.58. The lowest BCUT2D eigenvalue weighted by atomic mass is 10.1. The summed E-state index contributed by atoms with van der Waals surface area (Å²) in [4.78, 5) is 24.3. The van der Waals surface area contributed by atoms with E-state index >= 15 is 0 Å². The van der Waals surface area contributed by atoms with Crippen molar-refractivity contribution < 1.29 is 14.7 Å². The van der Waals surface area contributed by atoms with Crippen LogP contribution in [-0.2, 0) is 9.59 Å². The zero-order valence-electron chi connectivity index (χ0n) is 10.4. The Morgan fingerprint density at radius 2 is 2.00 bits per heavy atom. The molecule has 0 aromatic rings. The topological polar surface area (TPSA) is 57.6 Å². The molecule has 0 aromatic carbocycles. The predicted molar refractivity (Wildman–Crippen MR) is 69.0 cm³/mol. The number of carboxylic acids is 1. The van der Waals surface area contributed by atoms with Crippen molar-refractivity contribution >= 4 is 23.6 Å². The van der Waals surface area contributed by atoms with E-state index < -0.39 is 12.0 Å². The molecule has 1 fully saturated rings. The van der Waals surface area contributed by atoms with Gasteiger partial charge in [0.05, 0.1) is 5.88 Å². The Hall–Kier alpha value is -0.710. The van der Waals surface area contributed by atoms with Crippen molar-refractivity contribution in [1.82, 2.24) is 4.90 Å². The first-order valence-electron chi connectivity index (χ1n) is 6.26.